The molecule has 4 rings (SSSR count). The quantitative estimate of drug-likeness (QED) is 0.501. The predicted octanol–water partition coefficient (Wildman–Crippen LogP) is 5.34. The number of amides is 1. The lowest BCUT2D eigenvalue weighted by Gasteiger charge is -2.24. The van der Waals surface area contributed by atoms with E-state index in [2.05, 4.69) is 4.98 Å². The number of fused-ring (bicyclic) bond motifs is 1. The summed E-state index contributed by atoms with van der Waals surface area (Å²) in [5.74, 6) is -0.256. The number of halogens is 1. The Bertz CT molecular complexity index is 1260. The van der Waals surface area contributed by atoms with Crippen molar-refractivity contribution < 1.29 is 4.79 Å². The van der Waals surface area contributed by atoms with Gasteiger partial charge in [0.25, 0.3) is 11.5 Å². The minimum absolute atomic E-state index is 0.133. The van der Waals surface area contributed by atoms with E-state index in [1.807, 2.05) is 61.5 Å². The van der Waals surface area contributed by atoms with E-state index in [0.29, 0.717) is 21.8 Å². The molecule has 0 bridgehead atoms. The van der Waals surface area contributed by atoms with Gasteiger partial charge in [0.2, 0.25) is 0 Å². The van der Waals surface area contributed by atoms with Crippen LogP contribution in [0, 0.1) is 6.92 Å². The van der Waals surface area contributed by atoms with Crippen LogP contribution in [0.2, 0.25) is 5.02 Å². The van der Waals surface area contributed by atoms with Crippen LogP contribution in [-0.4, -0.2) is 10.9 Å². The molecular weight excluding hydrogens is 384 g/mol. The molecule has 1 amide bonds. The van der Waals surface area contributed by atoms with Gasteiger partial charge in [0, 0.05) is 16.8 Å². The molecule has 4 aromatic rings. The van der Waals surface area contributed by atoms with Gasteiger partial charge in [-0.2, -0.15) is 0 Å². The molecule has 0 atom stereocenters. The largest absolute Gasteiger partial charge is 0.322 e. The molecule has 0 radical (unpaired) electrons. The lowest BCUT2D eigenvalue weighted by Crippen LogP contribution is -2.33. The number of nitrogens with one attached hydrogen (secondary N) is 1. The topological polar surface area (TPSA) is 53.2 Å². The molecule has 1 heterocycles. The first-order valence-electron chi connectivity index (χ1n) is 9.27. The van der Waals surface area contributed by atoms with Gasteiger partial charge in [0.15, 0.2) is 0 Å². The van der Waals surface area contributed by atoms with Gasteiger partial charge in [0.05, 0.1) is 17.1 Å². The van der Waals surface area contributed by atoms with Crippen LogP contribution in [0.3, 0.4) is 0 Å². The van der Waals surface area contributed by atoms with Gasteiger partial charge in [-0.15, -0.1) is 0 Å². The maximum atomic E-state index is 13.4. The fourth-order valence-electron chi connectivity index (χ4n) is 3.34. The van der Waals surface area contributed by atoms with Gasteiger partial charge in [-0.05, 0) is 54.3 Å². The third-order valence-corrected chi connectivity index (χ3v) is 5.15. The summed E-state index contributed by atoms with van der Waals surface area (Å²) in [7, 11) is 0. The van der Waals surface area contributed by atoms with Crippen LogP contribution in [0.1, 0.15) is 21.5 Å². The molecule has 0 aliphatic rings. The minimum Gasteiger partial charge on any atom is -0.322 e. The van der Waals surface area contributed by atoms with Gasteiger partial charge < -0.3 is 9.88 Å². The van der Waals surface area contributed by atoms with Crippen molar-refractivity contribution >= 4 is 34.1 Å². The van der Waals surface area contributed by atoms with Gasteiger partial charge in [0.1, 0.15) is 0 Å². The first-order chi connectivity index (χ1) is 14.0. The smallest absolute Gasteiger partial charge is 0.260 e. The minimum atomic E-state index is -0.256. The van der Waals surface area contributed by atoms with Crippen molar-refractivity contribution in [2.75, 3.05) is 4.90 Å². The summed E-state index contributed by atoms with van der Waals surface area (Å²) < 4.78 is 0. The molecule has 0 unspecified atom stereocenters. The summed E-state index contributed by atoms with van der Waals surface area (Å²) in [5.41, 5.74) is 3.18. The van der Waals surface area contributed by atoms with Gasteiger partial charge in [-0.3, -0.25) is 9.59 Å². The van der Waals surface area contributed by atoms with E-state index < -0.39 is 0 Å². The average molecular weight is 403 g/mol. The molecule has 4 nitrogen and oxygen atoms in total. The normalized spacial score (nSPS) is 10.8. The predicted molar refractivity (Wildman–Crippen MR) is 118 cm³/mol. The number of hydrogen-bond acceptors (Lipinski definition) is 2. The van der Waals surface area contributed by atoms with E-state index in [0.717, 1.165) is 16.5 Å². The molecule has 0 spiro atoms. The fourth-order valence-corrected chi connectivity index (χ4v) is 3.55. The molecule has 0 aliphatic heterocycles. The number of para-hydroxylation sites is 1. The van der Waals surface area contributed by atoms with Crippen LogP contribution in [0.5, 0.6) is 0 Å². The average Bonchev–Trinajstić information content (AvgIpc) is 2.72. The molecule has 0 saturated heterocycles. The highest BCUT2D eigenvalue weighted by Gasteiger charge is 2.21. The summed E-state index contributed by atoms with van der Waals surface area (Å²) in [4.78, 5) is 30.5. The number of anilines is 1. The maximum Gasteiger partial charge on any atom is 0.260 e. The Morgan fingerprint density at radius 2 is 1.72 bits per heavy atom. The standard InChI is InChI=1S/C24H19ClN2O2/c1-16-7-6-9-19(13-16)27(24(29)20-10-3-4-11-21(20)25)15-18-14-17-8-2-5-12-22(17)26-23(18)28/h2-14H,15H2,1H3,(H,26,28). The summed E-state index contributed by atoms with van der Waals surface area (Å²) in [6.07, 6.45) is 0. The number of carbonyl (C=O) groups excluding carboxylic acids is 1. The monoisotopic (exact) mass is 402 g/mol. The summed E-state index contributed by atoms with van der Waals surface area (Å²) in [6.45, 7) is 2.10. The molecule has 5 heteroatoms. The number of pyridine rings is 1. The maximum absolute atomic E-state index is 13.4. The lowest BCUT2D eigenvalue weighted by atomic mass is 10.1. The molecule has 29 heavy (non-hydrogen) atoms. The zero-order valence-electron chi connectivity index (χ0n) is 15.9. The Kier molecular flexibility index (Phi) is 5.19. The number of aromatic nitrogens is 1. The highest BCUT2D eigenvalue weighted by molar-refractivity contribution is 6.34. The Hall–Kier alpha value is -3.37. The Morgan fingerprint density at radius 1 is 0.966 bits per heavy atom. The van der Waals surface area contributed by atoms with Crippen molar-refractivity contribution in [3.05, 3.63) is 111 Å². The van der Waals surface area contributed by atoms with Crippen LogP contribution in [0.4, 0.5) is 5.69 Å². The van der Waals surface area contributed by atoms with Crippen LogP contribution in [0.25, 0.3) is 10.9 Å². The number of carbonyl (C=O) groups is 1. The Balaban J connectivity index is 1.81. The van der Waals surface area contributed by atoms with Crippen molar-refractivity contribution in [1.29, 1.82) is 0 Å². The SMILES string of the molecule is Cc1cccc(N(Cc2cc3ccccc3[nH]c2=O)C(=O)c2ccccc2Cl)c1. The van der Waals surface area contributed by atoms with Crippen molar-refractivity contribution in [1.82, 2.24) is 4.98 Å². The number of aromatic amines is 1. The zero-order chi connectivity index (χ0) is 20.4. The molecule has 144 valence electrons. The van der Waals surface area contributed by atoms with E-state index in [4.69, 9.17) is 11.6 Å². The van der Waals surface area contributed by atoms with Crippen LogP contribution >= 0.6 is 11.6 Å². The first kappa shape index (κ1) is 19.0. The summed E-state index contributed by atoms with van der Waals surface area (Å²) >= 11 is 6.28. The fraction of sp³-hybridized carbons (Fsp3) is 0.0833. The van der Waals surface area contributed by atoms with Crippen molar-refractivity contribution in [3.63, 3.8) is 0 Å². The van der Waals surface area contributed by atoms with E-state index in [-0.39, 0.29) is 18.0 Å². The molecule has 1 aromatic heterocycles. The third kappa shape index (κ3) is 3.93. The first-order valence-corrected chi connectivity index (χ1v) is 9.65. The summed E-state index contributed by atoms with van der Waals surface area (Å²) in [5, 5.41) is 1.29. The Labute approximate surface area is 173 Å². The molecule has 3 aromatic carbocycles. The highest BCUT2D eigenvalue weighted by atomic mass is 35.5. The zero-order valence-corrected chi connectivity index (χ0v) is 16.6. The third-order valence-electron chi connectivity index (χ3n) is 4.82. The van der Waals surface area contributed by atoms with Crippen LogP contribution in [0.15, 0.2) is 83.7 Å². The van der Waals surface area contributed by atoms with Crippen molar-refractivity contribution in [2.24, 2.45) is 0 Å². The van der Waals surface area contributed by atoms with Gasteiger partial charge in [-0.25, -0.2) is 0 Å². The second-order valence-electron chi connectivity index (χ2n) is 6.92. The number of nitrogens with zero attached hydrogens (tertiary/aromatic N) is 1. The van der Waals surface area contributed by atoms with Gasteiger partial charge in [-0.1, -0.05) is 54.1 Å². The molecular formula is C24H19ClN2O2. The molecule has 0 fully saturated rings. The number of hydrogen-bond donors (Lipinski definition) is 1. The second-order valence-corrected chi connectivity index (χ2v) is 7.33. The van der Waals surface area contributed by atoms with E-state index in [9.17, 15) is 9.59 Å². The van der Waals surface area contributed by atoms with Crippen molar-refractivity contribution in [3.8, 4) is 0 Å². The number of aryl methyl sites for hydroxylation is 1. The van der Waals surface area contributed by atoms with Crippen molar-refractivity contribution in [2.45, 2.75) is 13.5 Å². The Morgan fingerprint density at radius 3 is 2.52 bits per heavy atom. The molecule has 1 N–H and O–H groups in total. The van der Waals surface area contributed by atoms with Crippen LogP contribution < -0.4 is 10.5 Å². The second kappa shape index (κ2) is 7.94. The molecule has 0 saturated carbocycles. The number of benzene rings is 3. The number of rotatable bonds is 4. The van der Waals surface area contributed by atoms with Crippen LogP contribution in [-0.2, 0) is 6.54 Å². The van der Waals surface area contributed by atoms with E-state index >= 15 is 0 Å². The van der Waals surface area contributed by atoms with Gasteiger partial charge >= 0.3 is 0 Å². The van der Waals surface area contributed by atoms with E-state index in [1.54, 1.807) is 29.2 Å². The highest BCUT2D eigenvalue weighted by Crippen LogP contribution is 2.24. The number of H-pyrrole nitrogens is 1. The van der Waals surface area contributed by atoms with E-state index in [1.165, 1.54) is 0 Å². The molecule has 0 aliphatic carbocycles. The summed E-state index contributed by atoms with van der Waals surface area (Å²) in [6, 6.07) is 24.0. The lowest BCUT2D eigenvalue weighted by molar-refractivity contribution is 0.0985.